The third kappa shape index (κ3) is 4.43. The predicted molar refractivity (Wildman–Crippen MR) is 54.5 cm³/mol. The first-order valence-corrected chi connectivity index (χ1v) is 6.54. The quantitative estimate of drug-likeness (QED) is 0.560. The van der Waals surface area contributed by atoms with Crippen molar-refractivity contribution in [2.75, 3.05) is 31.9 Å². The Balaban J connectivity index is 2.50. The molecule has 2 unspecified atom stereocenters. The van der Waals surface area contributed by atoms with Gasteiger partial charge in [-0.15, -0.1) is 0 Å². The van der Waals surface area contributed by atoms with Crippen molar-refractivity contribution in [3.8, 4) is 0 Å². The van der Waals surface area contributed by atoms with Crippen molar-refractivity contribution in [2.45, 2.75) is 19.1 Å². The van der Waals surface area contributed by atoms with E-state index >= 15 is 0 Å². The van der Waals surface area contributed by atoms with Gasteiger partial charge in [-0.05, 0) is 6.92 Å². The number of aliphatic hydroxyl groups excluding tert-OH is 1. The molecule has 0 saturated carbocycles. The van der Waals surface area contributed by atoms with E-state index < -0.39 is 22.0 Å². The standard InChI is InChI=1S/C8H18N2O4S/c1-7(11)8-6-9-2-3-10(8)4-5-15(12,13)14/h7-9,11H,2-6H2,1H3,(H,12,13,14)/p-1. The molecule has 1 heterocycles. The minimum atomic E-state index is -4.17. The van der Waals surface area contributed by atoms with E-state index in [2.05, 4.69) is 5.32 Å². The lowest BCUT2D eigenvalue weighted by molar-refractivity contribution is 0.0488. The molecule has 0 spiro atoms. The Morgan fingerprint density at radius 1 is 1.67 bits per heavy atom. The van der Waals surface area contributed by atoms with Gasteiger partial charge in [0.1, 0.15) is 0 Å². The predicted octanol–water partition coefficient (Wildman–Crippen LogP) is -1.81. The van der Waals surface area contributed by atoms with Gasteiger partial charge in [-0.1, -0.05) is 0 Å². The molecule has 2 N–H and O–H groups in total. The van der Waals surface area contributed by atoms with Gasteiger partial charge in [0.25, 0.3) is 0 Å². The number of hydrogen-bond donors (Lipinski definition) is 2. The van der Waals surface area contributed by atoms with Gasteiger partial charge in [-0.25, -0.2) is 8.42 Å². The van der Waals surface area contributed by atoms with Crippen molar-refractivity contribution < 1.29 is 18.1 Å². The van der Waals surface area contributed by atoms with Crippen LogP contribution in [0.4, 0.5) is 0 Å². The molecule has 2 atom stereocenters. The molecule has 90 valence electrons. The van der Waals surface area contributed by atoms with Crippen molar-refractivity contribution in [1.82, 2.24) is 10.2 Å². The van der Waals surface area contributed by atoms with Crippen LogP contribution >= 0.6 is 0 Å². The molecule has 0 bridgehead atoms. The average Bonchev–Trinajstić information content (AvgIpc) is 2.14. The number of aliphatic hydroxyl groups is 1. The minimum absolute atomic E-state index is 0.111. The second-order valence-corrected chi connectivity index (χ2v) is 5.33. The van der Waals surface area contributed by atoms with Gasteiger partial charge in [0.2, 0.25) is 0 Å². The molecule has 0 aromatic carbocycles. The van der Waals surface area contributed by atoms with E-state index in [-0.39, 0.29) is 12.6 Å². The number of hydrogen-bond acceptors (Lipinski definition) is 6. The lowest BCUT2D eigenvalue weighted by Gasteiger charge is -2.37. The van der Waals surface area contributed by atoms with E-state index in [1.54, 1.807) is 6.92 Å². The first kappa shape index (κ1) is 12.9. The summed E-state index contributed by atoms with van der Waals surface area (Å²) in [5.41, 5.74) is 0. The fraction of sp³-hybridized carbons (Fsp3) is 1.00. The Morgan fingerprint density at radius 2 is 2.33 bits per heavy atom. The molecule has 1 saturated heterocycles. The molecule has 0 aromatic heterocycles. The summed E-state index contributed by atoms with van der Waals surface area (Å²) in [7, 11) is -4.17. The van der Waals surface area contributed by atoms with Crippen molar-refractivity contribution in [3.05, 3.63) is 0 Å². The number of nitrogens with one attached hydrogen (secondary N) is 1. The zero-order valence-electron chi connectivity index (χ0n) is 8.72. The van der Waals surface area contributed by atoms with E-state index in [1.165, 1.54) is 0 Å². The van der Waals surface area contributed by atoms with E-state index in [9.17, 15) is 18.1 Å². The van der Waals surface area contributed by atoms with Crippen molar-refractivity contribution in [3.63, 3.8) is 0 Å². The molecule has 0 amide bonds. The van der Waals surface area contributed by atoms with Gasteiger partial charge < -0.3 is 15.0 Å². The van der Waals surface area contributed by atoms with Gasteiger partial charge >= 0.3 is 0 Å². The Morgan fingerprint density at radius 3 is 2.87 bits per heavy atom. The zero-order valence-corrected chi connectivity index (χ0v) is 9.53. The molecule has 0 radical (unpaired) electrons. The molecule has 6 nitrogen and oxygen atoms in total. The Kier molecular flexibility index (Phi) is 4.47. The third-order valence-corrected chi connectivity index (χ3v) is 3.27. The summed E-state index contributed by atoms with van der Waals surface area (Å²) in [4.78, 5) is 1.84. The molecule has 1 fully saturated rings. The maximum Gasteiger partial charge on any atom is 0.0958 e. The van der Waals surface area contributed by atoms with Crippen molar-refractivity contribution in [2.24, 2.45) is 0 Å². The molecule has 15 heavy (non-hydrogen) atoms. The summed E-state index contributed by atoms with van der Waals surface area (Å²) < 4.78 is 31.5. The minimum Gasteiger partial charge on any atom is -0.748 e. The van der Waals surface area contributed by atoms with Crippen LogP contribution in [0.2, 0.25) is 0 Å². The molecule has 1 rings (SSSR count). The summed E-state index contributed by atoms with van der Waals surface area (Å²) in [6.45, 7) is 3.89. The van der Waals surface area contributed by atoms with Crippen LogP contribution in [0.25, 0.3) is 0 Å². The normalized spacial score (nSPS) is 26.5. The molecule has 0 aliphatic carbocycles. The summed E-state index contributed by atoms with van der Waals surface area (Å²) in [6.07, 6.45) is -0.535. The van der Waals surface area contributed by atoms with Gasteiger partial charge in [0.15, 0.2) is 0 Å². The van der Waals surface area contributed by atoms with Crippen LogP contribution in [-0.2, 0) is 10.1 Å². The Hall–Kier alpha value is -0.210. The fourth-order valence-electron chi connectivity index (χ4n) is 1.75. The van der Waals surface area contributed by atoms with Crippen LogP contribution in [0.1, 0.15) is 6.92 Å². The van der Waals surface area contributed by atoms with Crippen molar-refractivity contribution in [1.29, 1.82) is 0 Å². The lowest BCUT2D eigenvalue weighted by Crippen LogP contribution is -2.56. The van der Waals surface area contributed by atoms with Gasteiger partial charge in [-0.3, -0.25) is 4.90 Å². The van der Waals surface area contributed by atoms with Crippen LogP contribution in [0.15, 0.2) is 0 Å². The topological polar surface area (TPSA) is 92.7 Å². The van der Waals surface area contributed by atoms with E-state index in [0.29, 0.717) is 13.1 Å². The number of nitrogens with zero attached hydrogens (tertiary/aromatic N) is 1. The second-order valence-electron chi connectivity index (χ2n) is 3.81. The van der Waals surface area contributed by atoms with E-state index in [4.69, 9.17) is 0 Å². The molecule has 1 aliphatic rings. The monoisotopic (exact) mass is 237 g/mol. The van der Waals surface area contributed by atoms with Crippen LogP contribution < -0.4 is 5.32 Å². The van der Waals surface area contributed by atoms with Gasteiger partial charge in [0.05, 0.1) is 22.0 Å². The van der Waals surface area contributed by atoms with Gasteiger partial charge in [-0.2, -0.15) is 0 Å². The highest BCUT2D eigenvalue weighted by atomic mass is 32.2. The fourth-order valence-corrected chi connectivity index (χ4v) is 2.21. The zero-order chi connectivity index (χ0) is 11.5. The molecular weight excluding hydrogens is 220 g/mol. The van der Waals surface area contributed by atoms with Gasteiger partial charge in [0, 0.05) is 32.2 Å². The second kappa shape index (κ2) is 5.22. The summed E-state index contributed by atoms with van der Waals surface area (Å²) in [5, 5.41) is 12.6. The Labute approximate surface area is 90.0 Å². The first-order chi connectivity index (χ1) is 6.90. The van der Waals surface area contributed by atoms with Crippen LogP contribution in [0, 0.1) is 0 Å². The molecule has 1 aliphatic heterocycles. The summed E-state index contributed by atoms with van der Waals surface area (Å²) >= 11 is 0. The average molecular weight is 237 g/mol. The van der Waals surface area contributed by atoms with E-state index in [0.717, 1.165) is 6.54 Å². The first-order valence-electron chi connectivity index (χ1n) is 4.96. The van der Waals surface area contributed by atoms with Crippen LogP contribution in [-0.4, -0.2) is 67.1 Å². The summed E-state index contributed by atoms with van der Waals surface area (Å²) in [6, 6.07) is -0.111. The van der Waals surface area contributed by atoms with Crippen LogP contribution in [0.5, 0.6) is 0 Å². The molecular formula is C8H17N2O4S-. The highest BCUT2D eigenvalue weighted by Crippen LogP contribution is 2.07. The SMILES string of the molecule is CC(O)C1CNCCN1CCS(=O)(=O)[O-]. The molecule has 0 aromatic rings. The molecule has 7 heteroatoms. The number of piperazine rings is 1. The summed E-state index contributed by atoms with van der Waals surface area (Å²) in [5.74, 6) is -0.393. The lowest BCUT2D eigenvalue weighted by atomic mass is 10.1. The highest BCUT2D eigenvalue weighted by molar-refractivity contribution is 7.85. The highest BCUT2D eigenvalue weighted by Gasteiger charge is 2.25. The smallest absolute Gasteiger partial charge is 0.0958 e. The maximum absolute atomic E-state index is 10.5. The largest absolute Gasteiger partial charge is 0.748 e. The third-order valence-electron chi connectivity index (χ3n) is 2.58. The van der Waals surface area contributed by atoms with E-state index in [1.807, 2.05) is 4.90 Å². The Bertz CT molecular complexity index is 291. The maximum atomic E-state index is 10.5. The van der Waals surface area contributed by atoms with Crippen molar-refractivity contribution >= 4 is 10.1 Å². The number of rotatable bonds is 4. The van der Waals surface area contributed by atoms with Crippen LogP contribution in [0.3, 0.4) is 0 Å².